The fourth-order valence-electron chi connectivity index (χ4n) is 4.89. The van der Waals surface area contributed by atoms with Crippen molar-refractivity contribution in [1.29, 1.82) is 0 Å². The van der Waals surface area contributed by atoms with Crippen LogP contribution in [0.3, 0.4) is 0 Å². The van der Waals surface area contributed by atoms with Crippen LogP contribution in [0.2, 0.25) is 10.0 Å². The van der Waals surface area contributed by atoms with Gasteiger partial charge in [-0.1, -0.05) is 90.8 Å². The lowest BCUT2D eigenvalue weighted by Gasteiger charge is -2.34. The first-order chi connectivity index (χ1) is 22.0. The Bertz CT molecular complexity index is 1720. The van der Waals surface area contributed by atoms with Gasteiger partial charge in [0.05, 0.1) is 17.7 Å². The molecule has 8 nitrogen and oxygen atoms in total. The Kier molecular flexibility index (Phi) is 12.1. The molecule has 0 heterocycles. The predicted molar refractivity (Wildman–Crippen MR) is 183 cm³/mol. The zero-order valence-electron chi connectivity index (χ0n) is 25.9. The van der Waals surface area contributed by atoms with Crippen molar-refractivity contribution in [3.63, 3.8) is 0 Å². The first-order valence-electron chi connectivity index (χ1n) is 14.8. The van der Waals surface area contributed by atoms with Gasteiger partial charge in [0.25, 0.3) is 10.0 Å². The molecule has 0 aliphatic heterocycles. The van der Waals surface area contributed by atoms with Crippen molar-refractivity contribution in [3.05, 3.63) is 124 Å². The summed E-state index contributed by atoms with van der Waals surface area (Å²) in [7, 11) is -2.74. The van der Waals surface area contributed by atoms with E-state index in [1.54, 1.807) is 43.5 Å². The van der Waals surface area contributed by atoms with Gasteiger partial charge in [-0.05, 0) is 66.9 Å². The van der Waals surface area contributed by atoms with Gasteiger partial charge in [-0.15, -0.1) is 0 Å². The number of sulfonamides is 1. The second-order valence-electron chi connectivity index (χ2n) is 10.8. The van der Waals surface area contributed by atoms with Crippen molar-refractivity contribution in [2.75, 3.05) is 18.0 Å². The summed E-state index contributed by atoms with van der Waals surface area (Å²) < 4.78 is 34.6. The second-order valence-corrected chi connectivity index (χ2v) is 13.6. The summed E-state index contributed by atoms with van der Waals surface area (Å²) >= 11 is 12.6. The van der Waals surface area contributed by atoms with Gasteiger partial charge in [-0.25, -0.2) is 8.42 Å². The van der Waals surface area contributed by atoms with E-state index in [0.717, 1.165) is 9.87 Å². The standard InChI is InChI=1S/C35H37Cl2N3O5S/c1-4-25(2)38-35(42)33(19-26-12-7-5-8-13-26)39(23-27-14-11-15-31(18-27)45-3)34(41)24-40(30-21-28(36)20-29(37)22-30)46(43,44)32-16-9-6-10-17-32/h5-18,20-22,25,33H,4,19,23-24H2,1-3H3,(H,38,42)/t25-,33-/m0/s1. The van der Waals surface area contributed by atoms with E-state index in [1.165, 1.54) is 35.2 Å². The maximum absolute atomic E-state index is 14.6. The van der Waals surface area contributed by atoms with Gasteiger partial charge in [-0.2, -0.15) is 0 Å². The van der Waals surface area contributed by atoms with Crippen LogP contribution in [-0.2, 0) is 32.6 Å². The van der Waals surface area contributed by atoms with Crippen molar-refractivity contribution in [2.45, 2.75) is 50.2 Å². The molecule has 0 aromatic heterocycles. The minimum Gasteiger partial charge on any atom is -0.497 e. The van der Waals surface area contributed by atoms with E-state index in [2.05, 4.69) is 5.32 Å². The summed E-state index contributed by atoms with van der Waals surface area (Å²) in [5.74, 6) is -0.369. The average molecular weight is 683 g/mol. The highest BCUT2D eigenvalue weighted by Crippen LogP contribution is 2.30. The number of rotatable bonds is 14. The molecule has 242 valence electrons. The number of hydrogen-bond donors (Lipinski definition) is 1. The average Bonchev–Trinajstić information content (AvgIpc) is 3.05. The summed E-state index contributed by atoms with van der Waals surface area (Å²) in [5.41, 5.74) is 1.65. The molecule has 4 rings (SSSR count). The number of methoxy groups -OCH3 is 1. The van der Waals surface area contributed by atoms with Gasteiger partial charge >= 0.3 is 0 Å². The number of anilines is 1. The van der Waals surface area contributed by atoms with Crippen molar-refractivity contribution in [3.8, 4) is 5.75 Å². The van der Waals surface area contributed by atoms with Gasteiger partial charge < -0.3 is 15.0 Å². The topological polar surface area (TPSA) is 96.0 Å². The third kappa shape index (κ3) is 9.02. The Morgan fingerprint density at radius 1 is 0.848 bits per heavy atom. The highest BCUT2D eigenvalue weighted by Gasteiger charge is 2.35. The van der Waals surface area contributed by atoms with E-state index in [4.69, 9.17) is 27.9 Å². The summed E-state index contributed by atoms with van der Waals surface area (Å²) in [6.45, 7) is 3.23. The minimum atomic E-state index is -4.28. The van der Waals surface area contributed by atoms with Crippen LogP contribution in [0.25, 0.3) is 0 Å². The van der Waals surface area contributed by atoms with Crippen molar-refractivity contribution in [2.24, 2.45) is 0 Å². The van der Waals surface area contributed by atoms with Crippen molar-refractivity contribution < 1.29 is 22.7 Å². The largest absolute Gasteiger partial charge is 0.497 e. The molecule has 0 bridgehead atoms. The lowest BCUT2D eigenvalue weighted by Crippen LogP contribution is -2.54. The number of carbonyl (C=O) groups is 2. The number of hydrogen-bond acceptors (Lipinski definition) is 5. The van der Waals surface area contributed by atoms with Crippen LogP contribution in [0, 0.1) is 0 Å². The van der Waals surface area contributed by atoms with Crippen LogP contribution in [0.4, 0.5) is 5.69 Å². The minimum absolute atomic E-state index is 0.0109. The molecule has 0 aliphatic rings. The van der Waals surface area contributed by atoms with Gasteiger partial charge in [0.15, 0.2) is 0 Å². The van der Waals surface area contributed by atoms with Crippen LogP contribution in [-0.4, -0.2) is 50.9 Å². The zero-order valence-corrected chi connectivity index (χ0v) is 28.2. The molecule has 0 unspecified atom stereocenters. The molecule has 2 amide bonds. The second kappa shape index (κ2) is 16.0. The highest BCUT2D eigenvalue weighted by molar-refractivity contribution is 7.92. The maximum atomic E-state index is 14.6. The van der Waals surface area contributed by atoms with Crippen LogP contribution in [0.5, 0.6) is 5.75 Å². The molecular formula is C35H37Cl2N3O5S. The number of carbonyl (C=O) groups excluding carboxylic acids is 2. The quantitative estimate of drug-likeness (QED) is 0.159. The molecule has 2 atom stereocenters. The molecule has 0 spiro atoms. The Morgan fingerprint density at radius 3 is 2.07 bits per heavy atom. The smallest absolute Gasteiger partial charge is 0.264 e. The first-order valence-corrected chi connectivity index (χ1v) is 17.0. The van der Waals surface area contributed by atoms with Gasteiger partial charge in [0.2, 0.25) is 11.8 Å². The first kappa shape index (κ1) is 34.8. The molecule has 0 saturated heterocycles. The molecule has 1 N–H and O–H groups in total. The number of amides is 2. The predicted octanol–water partition coefficient (Wildman–Crippen LogP) is 6.75. The highest BCUT2D eigenvalue weighted by atomic mass is 35.5. The van der Waals surface area contributed by atoms with E-state index in [0.29, 0.717) is 17.7 Å². The van der Waals surface area contributed by atoms with E-state index in [9.17, 15) is 18.0 Å². The summed E-state index contributed by atoms with van der Waals surface area (Å²) in [6, 6.07) is 27.6. The molecule has 0 aliphatic carbocycles. The third-order valence-electron chi connectivity index (χ3n) is 7.50. The fraction of sp³-hybridized carbons (Fsp3) is 0.257. The summed E-state index contributed by atoms with van der Waals surface area (Å²) in [6.07, 6.45) is 0.888. The van der Waals surface area contributed by atoms with Gasteiger partial charge in [0.1, 0.15) is 18.3 Å². The van der Waals surface area contributed by atoms with Crippen LogP contribution >= 0.6 is 23.2 Å². The normalized spacial score (nSPS) is 12.5. The number of ether oxygens (including phenoxy) is 1. The molecule has 0 saturated carbocycles. The SMILES string of the molecule is CC[C@H](C)NC(=O)[C@H](Cc1ccccc1)N(Cc1cccc(OC)c1)C(=O)CN(c1cc(Cl)cc(Cl)c1)S(=O)(=O)c1ccccc1. The Balaban J connectivity index is 1.83. The van der Waals surface area contributed by atoms with Crippen molar-refractivity contribution in [1.82, 2.24) is 10.2 Å². The van der Waals surface area contributed by atoms with E-state index < -0.39 is 28.5 Å². The molecule has 0 fully saturated rings. The number of halogens is 2. The number of benzene rings is 4. The van der Waals surface area contributed by atoms with E-state index in [-0.39, 0.29) is 45.5 Å². The Labute approximate surface area is 280 Å². The molecule has 4 aromatic rings. The Morgan fingerprint density at radius 2 is 1.46 bits per heavy atom. The van der Waals surface area contributed by atoms with Crippen LogP contribution in [0.1, 0.15) is 31.4 Å². The lowest BCUT2D eigenvalue weighted by molar-refractivity contribution is -0.140. The summed E-state index contributed by atoms with van der Waals surface area (Å²) in [5, 5.41) is 3.43. The van der Waals surface area contributed by atoms with Gasteiger partial charge in [-0.3, -0.25) is 13.9 Å². The van der Waals surface area contributed by atoms with Crippen molar-refractivity contribution >= 4 is 50.7 Å². The third-order valence-corrected chi connectivity index (χ3v) is 9.73. The van der Waals surface area contributed by atoms with E-state index >= 15 is 0 Å². The molecule has 11 heteroatoms. The number of nitrogens with one attached hydrogen (secondary N) is 1. The maximum Gasteiger partial charge on any atom is 0.264 e. The monoisotopic (exact) mass is 681 g/mol. The van der Waals surface area contributed by atoms with Crippen LogP contribution < -0.4 is 14.4 Å². The fourth-order valence-corrected chi connectivity index (χ4v) is 6.83. The van der Waals surface area contributed by atoms with Gasteiger partial charge in [0, 0.05) is 29.1 Å². The van der Waals surface area contributed by atoms with E-state index in [1.807, 2.05) is 50.2 Å². The summed E-state index contributed by atoms with van der Waals surface area (Å²) in [4.78, 5) is 29.9. The Hall–Kier alpha value is -4.05. The molecule has 0 radical (unpaired) electrons. The lowest BCUT2D eigenvalue weighted by atomic mass is 10.0. The zero-order chi connectivity index (χ0) is 33.3. The molecule has 46 heavy (non-hydrogen) atoms. The molecule has 4 aromatic carbocycles. The number of nitrogens with zero attached hydrogens (tertiary/aromatic N) is 2. The molecular weight excluding hydrogens is 645 g/mol. The van der Waals surface area contributed by atoms with Crippen LogP contribution in [0.15, 0.2) is 108 Å².